The van der Waals surface area contributed by atoms with Crippen LogP contribution in [0.3, 0.4) is 0 Å². The number of hydrogen-bond donors (Lipinski definition) is 0. The molecule has 0 amide bonds. The van der Waals surface area contributed by atoms with E-state index in [0.717, 1.165) is 11.3 Å². The Morgan fingerprint density at radius 2 is 1.86 bits per heavy atom. The van der Waals surface area contributed by atoms with Crippen LogP contribution in [0, 0.1) is 18.3 Å². The van der Waals surface area contributed by atoms with Crippen molar-refractivity contribution in [2.45, 2.75) is 25.4 Å². The maximum atomic E-state index is 15.2. The van der Waals surface area contributed by atoms with Gasteiger partial charge in [-0.3, -0.25) is 4.98 Å². The molecule has 112 valence electrons. The molecule has 1 aliphatic rings. The first kappa shape index (κ1) is 14.5. The summed E-state index contributed by atoms with van der Waals surface area (Å²) in [6, 6.07) is 13.3. The van der Waals surface area contributed by atoms with Gasteiger partial charge in [0.25, 0.3) is 0 Å². The number of rotatable bonds is 2. The first-order valence-corrected chi connectivity index (χ1v) is 7.48. The molecule has 0 atom stereocenters. The summed E-state index contributed by atoms with van der Waals surface area (Å²) in [5.41, 5.74) is 1.84. The number of hydrogen-bond acceptors (Lipinski definition) is 3. The zero-order valence-electron chi connectivity index (χ0n) is 12.6. The maximum Gasteiger partial charge on any atom is 0.156 e. The molecule has 22 heavy (non-hydrogen) atoms. The summed E-state index contributed by atoms with van der Waals surface area (Å²) in [5.74, 6) is 0. The van der Waals surface area contributed by atoms with Gasteiger partial charge < -0.3 is 4.90 Å². The second-order valence-electron chi connectivity index (χ2n) is 5.78. The Morgan fingerprint density at radius 1 is 1.18 bits per heavy atom. The van der Waals surface area contributed by atoms with E-state index in [9.17, 15) is 0 Å². The van der Waals surface area contributed by atoms with E-state index < -0.39 is 5.67 Å². The standard InChI is InChI=1S/C18H18FN3/c1-14-3-2-10-21-17(14)18(19)8-11-22(12-9-18)16-6-4-15(13-20)5-7-16/h2-7,10H,8-9,11-12H2,1H3. The van der Waals surface area contributed by atoms with Gasteiger partial charge in [0, 0.05) is 37.8 Å². The summed E-state index contributed by atoms with van der Waals surface area (Å²) in [5, 5.41) is 8.84. The first-order chi connectivity index (χ1) is 10.6. The van der Waals surface area contributed by atoms with Gasteiger partial charge in [-0.2, -0.15) is 5.26 Å². The van der Waals surface area contributed by atoms with Gasteiger partial charge in [0.1, 0.15) is 0 Å². The monoisotopic (exact) mass is 295 g/mol. The number of piperidine rings is 1. The molecule has 0 aliphatic carbocycles. The topological polar surface area (TPSA) is 39.9 Å². The molecule has 1 aromatic heterocycles. The number of halogens is 1. The minimum atomic E-state index is -1.34. The van der Waals surface area contributed by atoms with Crippen LogP contribution >= 0.6 is 0 Å². The Labute approximate surface area is 130 Å². The molecule has 1 fully saturated rings. The van der Waals surface area contributed by atoms with Crippen LogP contribution in [0.15, 0.2) is 42.6 Å². The van der Waals surface area contributed by atoms with Crippen molar-refractivity contribution in [2.75, 3.05) is 18.0 Å². The van der Waals surface area contributed by atoms with Crippen molar-refractivity contribution in [1.82, 2.24) is 4.98 Å². The van der Waals surface area contributed by atoms with Crippen molar-refractivity contribution in [2.24, 2.45) is 0 Å². The van der Waals surface area contributed by atoms with Crippen molar-refractivity contribution in [3.05, 3.63) is 59.4 Å². The van der Waals surface area contributed by atoms with Gasteiger partial charge in [-0.05, 0) is 42.8 Å². The fourth-order valence-electron chi connectivity index (χ4n) is 3.06. The molecule has 0 bridgehead atoms. The molecule has 0 unspecified atom stereocenters. The van der Waals surface area contributed by atoms with Crippen LogP contribution < -0.4 is 4.90 Å². The lowest BCUT2D eigenvalue weighted by atomic mass is 9.87. The molecule has 4 heteroatoms. The van der Waals surface area contributed by atoms with Crippen LogP contribution in [0.2, 0.25) is 0 Å². The van der Waals surface area contributed by atoms with Crippen molar-refractivity contribution in [1.29, 1.82) is 5.26 Å². The molecule has 3 rings (SSSR count). The third-order valence-electron chi connectivity index (χ3n) is 4.35. The van der Waals surface area contributed by atoms with E-state index in [-0.39, 0.29) is 0 Å². The quantitative estimate of drug-likeness (QED) is 0.847. The second-order valence-corrected chi connectivity index (χ2v) is 5.78. The Bertz CT molecular complexity index is 695. The lowest BCUT2D eigenvalue weighted by molar-refractivity contribution is 0.118. The zero-order chi connectivity index (χ0) is 15.6. The smallest absolute Gasteiger partial charge is 0.156 e. The summed E-state index contributed by atoms with van der Waals surface area (Å²) in [6.07, 6.45) is 2.53. The maximum absolute atomic E-state index is 15.2. The highest BCUT2D eigenvalue weighted by atomic mass is 19.1. The Hall–Kier alpha value is -2.41. The number of anilines is 1. The SMILES string of the molecule is Cc1cccnc1C1(F)CCN(c2ccc(C#N)cc2)CC1. The lowest BCUT2D eigenvalue weighted by Crippen LogP contribution is -2.41. The van der Waals surface area contributed by atoms with Crippen LogP contribution in [0.4, 0.5) is 10.1 Å². The predicted octanol–water partition coefficient (Wildman–Crippen LogP) is 3.73. The summed E-state index contributed by atoms with van der Waals surface area (Å²) in [6.45, 7) is 3.22. The second kappa shape index (κ2) is 5.76. The van der Waals surface area contributed by atoms with Gasteiger partial charge in [0.15, 0.2) is 5.67 Å². The fourth-order valence-corrected chi connectivity index (χ4v) is 3.06. The van der Waals surface area contributed by atoms with Crippen molar-refractivity contribution < 1.29 is 4.39 Å². The van der Waals surface area contributed by atoms with E-state index in [1.165, 1.54) is 0 Å². The number of aryl methyl sites for hydroxylation is 1. The van der Waals surface area contributed by atoms with E-state index in [1.54, 1.807) is 18.3 Å². The molecule has 2 aromatic rings. The molecule has 0 saturated carbocycles. The molecule has 2 heterocycles. The van der Waals surface area contributed by atoms with Gasteiger partial charge in [-0.25, -0.2) is 4.39 Å². The van der Waals surface area contributed by atoms with Gasteiger partial charge >= 0.3 is 0 Å². The van der Waals surface area contributed by atoms with E-state index >= 15 is 4.39 Å². The number of nitriles is 1. The van der Waals surface area contributed by atoms with Crippen molar-refractivity contribution >= 4 is 5.69 Å². The molecular formula is C18H18FN3. The van der Waals surface area contributed by atoms with Crippen LogP contribution in [0.25, 0.3) is 0 Å². The highest BCUT2D eigenvalue weighted by Gasteiger charge is 2.38. The average Bonchev–Trinajstić information content (AvgIpc) is 2.56. The Balaban J connectivity index is 1.74. The molecular weight excluding hydrogens is 277 g/mol. The van der Waals surface area contributed by atoms with E-state index in [2.05, 4.69) is 16.0 Å². The summed E-state index contributed by atoms with van der Waals surface area (Å²) >= 11 is 0. The molecule has 0 radical (unpaired) electrons. The van der Waals surface area contributed by atoms with E-state index in [4.69, 9.17) is 5.26 Å². The van der Waals surface area contributed by atoms with Gasteiger partial charge in [-0.1, -0.05) is 6.07 Å². The number of aromatic nitrogens is 1. The van der Waals surface area contributed by atoms with Crippen molar-refractivity contribution in [3.8, 4) is 6.07 Å². The van der Waals surface area contributed by atoms with Crippen LogP contribution in [-0.2, 0) is 5.67 Å². The molecule has 1 aromatic carbocycles. The average molecular weight is 295 g/mol. The molecule has 3 nitrogen and oxygen atoms in total. The van der Waals surface area contributed by atoms with Crippen molar-refractivity contribution in [3.63, 3.8) is 0 Å². The van der Waals surface area contributed by atoms with Crippen LogP contribution in [-0.4, -0.2) is 18.1 Å². The predicted molar refractivity (Wildman–Crippen MR) is 84.4 cm³/mol. The molecule has 0 spiro atoms. The number of pyridine rings is 1. The van der Waals surface area contributed by atoms with E-state index in [1.807, 2.05) is 31.2 Å². The number of alkyl halides is 1. The Kier molecular flexibility index (Phi) is 3.81. The fraction of sp³-hybridized carbons (Fsp3) is 0.333. The first-order valence-electron chi connectivity index (χ1n) is 7.48. The van der Waals surface area contributed by atoms with Gasteiger partial charge in [-0.15, -0.1) is 0 Å². The highest BCUT2D eigenvalue weighted by molar-refractivity contribution is 5.50. The van der Waals surface area contributed by atoms with Gasteiger partial charge in [0.2, 0.25) is 0 Å². The Morgan fingerprint density at radius 3 is 2.45 bits per heavy atom. The normalized spacial score (nSPS) is 17.0. The van der Waals surface area contributed by atoms with Crippen LogP contribution in [0.1, 0.15) is 29.7 Å². The highest BCUT2D eigenvalue weighted by Crippen LogP contribution is 2.38. The van der Waals surface area contributed by atoms with E-state index in [0.29, 0.717) is 37.2 Å². The van der Waals surface area contributed by atoms with Crippen LogP contribution in [0.5, 0.6) is 0 Å². The third kappa shape index (κ3) is 2.67. The van der Waals surface area contributed by atoms with Gasteiger partial charge in [0.05, 0.1) is 17.3 Å². The summed E-state index contributed by atoms with van der Waals surface area (Å²) < 4.78 is 15.2. The minimum Gasteiger partial charge on any atom is -0.371 e. The number of nitrogens with zero attached hydrogens (tertiary/aromatic N) is 3. The number of benzene rings is 1. The minimum absolute atomic E-state index is 0.435. The zero-order valence-corrected chi connectivity index (χ0v) is 12.6. The largest absolute Gasteiger partial charge is 0.371 e. The molecule has 0 N–H and O–H groups in total. The molecule has 1 aliphatic heterocycles. The third-order valence-corrected chi connectivity index (χ3v) is 4.35. The summed E-state index contributed by atoms with van der Waals surface area (Å²) in [4.78, 5) is 6.43. The summed E-state index contributed by atoms with van der Waals surface area (Å²) in [7, 11) is 0. The lowest BCUT2D eigenvalue weighted by Gasteiger charge is -2.37. The molecule has 1 saturated heterocycles.